The molecule has 0 fully saturated rings. The van der Waals surface area contributed by atoms with E-state index in [4.69, 9.17) is 23.2 Å². The Balaban J connectivity index is 1.88. The molecule has 8 heteroatoms. The lowest BCUT2D eigenvalue weighted by molar-refractivity contribution is 0.0698. The quantitative estimate of drug-likeness (QED) is 0.531. The Kier molecular flexibility index (Phi) is 5.66. The topological polar surface area (TPSA) is 75.1 Å². The molecule has 1 aromatic heterocycles. The van der Waals surface area contributed by atoms with Crippen molar-refractivity contribution < 1.29 is 9.90 Å². The number of aryl methyl sites for hydroxylation is 1. The van der Waals surface area contributed by atoms with Crippen LogP contribution in [0.25, 0.3) is 0 Å². The molecule has 1 heterocycles. The predicted octanol–water partition coefficient (Wildman–Crippen LogP) is 5.68. The summed E-state index contributed by atoms with van der Waals surface area (Å²) in [6.45, 7) is 1.84. The fraction of sp³-hybridized carbons (Fsp3) is 0.0556. The van der Waals surface area contributed by atoms with Crippen molar-refractivity contribution in [2.75, 3.05) is 5.32 Å². The summed E-state index contributed by atoms with van der Waals surface area (Å²) in [5.41, 5.74) is 1.38. The van der Waals surface area contributed by atoms with E-state index in [0.717, 1.165) is 10.6 Å². The molecule has 0 radical (unpaired) electrons. The van der Waals surface area contributed by atoms with Gasteiger partial charge >= 0.3 is 5.97 Å². The number of para-hydroxylation sites is 1. The molecule has 0 spiro atoms. The minimum absolute atomic E-state index is 0.169. The normalized spacial score (nSPS) is 10.6. The fourth-order valence-corrected chi connectivity index (χ4v) is 3.43. The van der Waals surface area contributed by atoms with E-state index in [1.165, 1.54) is 17.8 Å². The number of carboxylic acid groups (broad SMARTS) is 1. The fourth-order valence-electron chi connectivity index (χ4n) is 2.21. The van der Waals surface area contributed by atoms with E-state index in [0.29, 0.717) is 26.7 Å². The van der Waals surface area contributed by atoms with Crippen LogP contribution in [0, 0.1) is 6.92 Å². The third-order valence-corrected chi connectivity index (χ3v) is 4.95. The second kappa shape index (κ2) is 7.95. The van der Waals surface area contributed by atoms with Crippen LogP contribution in [-0.4, -0.2) is 21.0 Å². The summed E-state index contributed by atoms with van der Waals surface area (Å²) in [6.07, 6.45) is 0. The van der Waals surface area contributed by atoms with Crippen LogP contribution in [0.5, 0.6) is 0 Å². The standard InChI is InChI=1S/C18H13Cl2N3O2S/c1-10-8-16(22-15-5-3-2-4-12(15)17(24)25)23-18(21-10)26-11-6-7-13(19)14(20)9-11/h2-9H,1H3,(H,24,25)(H,21,22,23). The molecule has 0 aliphatic heterocycles. The van der Waals surface area contributed by atoms with Crippen molar-refractivity contribution in [2.24, 2.45) is 0 Å². The van der Waals surface area contributed by atoms with Crippen molar-refractivity contribution in [2.45, 2.75) is 17.0 Å². The van der Waals surface area contributed by atoms with Crippen LogP contribution in [0.3, 0.4) is 0 Å². The highest BCUT2D eigenvalue weighted by molar-refractivity contribution is 7.99. The summed E-state index contributed by atoms with van der Waals surface area (Å²) in [6, 6.07) is 13.7. The van der Waals surface area contributed by atoms with Crippen LogP contribution in [-0.2, 0) is 0 Å². The Labute approximate surface area is 164 Å². The van der Waals surface area contributed by atoms with Gasteiger partial charge in [-0.05, 0) is 49.0 Å². The molecular weight excluding hydrogens is 393 g/mol. The average Bonchev–Trinajstić information content (AvgIpc) is 2.58. The molecule has 3 rings (SSSR count). The Morgan fingerprint density at radius 3 is 2.58 bits per heavy atom. The number of aromatic carboxylic acids is 1. The number of anilines is 2. The van der Waals surface area contributed by atoms with Gasteiger partial charge in [-0.3, -0.25) is 0 Å². The van der Waals surface area contributed by atoms with Crippen molar-refractivity contribution in [3.63, 3.8) is 0 Å². The largest absolute Gasteiger partial charge is 0.478 e. The van der Waals surface area contributed by atoms with E-state index >= 15 is 0 Å². The van der Waals surface area contributed by atoms with Gasteiger partial charge in [-0.15, -0.1) is 0 Å². The van der Waals surface area contributed by atoms with E-state index in [-0.39, 0.29) is 5.56 Å². The molecule has 3 aromatic rings. The zero-order valence-electron chi connectivity index (χ0n) is 13.5. The van der Waals surface area contributed by atoms with Crippen LogP contribution in [0.4, 0.5) is 11.5 Å². The molecule has 5 nitrogen and oxygen atoms in total. The first-order valence-corrected chi connectivity index (χ1v) is 9.07. The highest BCUT2D eigenvalue weighted by Gasteiger charge is 2.11. The van der Waals surface area contributed by atoms with Crippen molar-refractivity contribution >= 4 is 52.4 Å². The van der Waals surface area contributed by atoms with Gasteiger partial charge in [0.1, 0.15) is 5.82 Å². The van der Waals surface area contributed by atoms with Gasteiger partial charge in [0.05, 0.1) is 21.3 Å². The minimum Gasteiger partial charge on any atom is -0.478 e. The monoisotopic (exact) mass is 405 g/mol. The summed E-state index contributed by atoms with van der Waals surface area (Å²) in [7, 11) is 0. The zero-order chi connectivity index (χ0) is 18.7. The Morgan fingerprint density at radius 1 is 1.08 bits per heavy atom. The van der Waals surface area contributed by atoms with E-state index in [1.54, 1.807) is 36.4 Å². The van der Waals surface area contributed by atoms with Crippen molar-refractivity contribution in [1.82, 2.24) is 9.97 Å². The molecule has 0 unspecified atom stereocenters. The van der Waals surface area contributed by atoms with Crippen LogP contribution >= 0.6 is 35.0 Å². The Morgan fingerprint density at radius 2 is 1.85 bits per heavy atom. The Hall–Kier alpha value is -2.28. The minimum atomic E-state index is -1.01. The van der Waals surface area contributed by atoms with E-state index in [9.17, 15) is 9.90 Å². The van der Waals surface area contributed by atoms with Gasteiger partial charge in [0, 0.05) is 16.7 Å². The molecule has 0 aliphatic rings. The molecule has 26 heavy (non-hydrogen) atoms. The second-order valence-corrected chi connectivity index (χ2v) is 7.19. The summed E-state index contributed by atoms with van der Waals surface area (Å²) in [5.74, 6) is -0.502. The number of hydrogen-bond donors (Lipinski definition) is 2. The van der Waals surface area contributed by atoms with Gasteiger partial charge in [-0.1, -0.05) is 35.3 Å². The highest BCUT2D eigenvalue weighted by Crippen LogP contribution is 2.32. The molecule has 0 amide bonds. The van der Waals surface area contributed by atoms with Crippen LogP contribution in [0.2, 0.25) is 10.0 Å². The number of rotatable bonds is 5. The first-order chi connectivity index (χ1) is 12.4. The summed E-state index contributed by atoms with van der Waals surface area (Å²) < 4.78 is 0. The maximum atomic E-state index is 11.3. The molecule has 2 aromatic carbocycles. The van der Waals surface area contributed by atoms with Crippen LogP contribution < -0.4 is 5.32 Å². The molecule has 2 N–H and O–H groups in total. The number of carboxylic acids is 1. The average molecular weight is 406 g/mol. The van der Waals surface area contributed by atoms with E-state index in [1.807, 2.05) is 13.0 Å². The van der Waals surface area contributed by atoms with Gasteiger partial charge in [-0.2, -0.15) is 0 Å². The molecule has 0 atom stereocenters. The number of halogens is 2. The molecule has 132 valence electrons. The molecular formula is C18H13Cl2N3O2S. The van der Waals surface area contributed by atoms with E-state index in [2.05, 4.69) is 15.3 Å². The molecule has 0 saturated carbocycles. The van der Waals surface area contributed by atoms with Gasteiger partial charge in [0.2, 0.25) is 0 Å². The first-order valence-electron chi connectivity index (χ1n) is 7.50. The maximum absolute atomic E-state index is 11.3. The summed E-state index contributed by atoms with van der Waals surface area (Å²) >= 11 is 13.3. The first kappa shape index (κ1) is 18.5. The number of aromatic nitrogens is 2. The third-order valence-electron chi connectivity index (χ3n) is 3.35. The van der Waals surface area contributed by atoms with Crippen LogP contribution in [0.1, 0.15) is 16.1 Å². The van der Waals surface area contributed by atoms with Gasteiger partial charge < -0.3 is 10.4 Å². The van der Waals surface area contributed by atoms with Crippen molar-refractivity contribution in [1.29, 1.82) is 0 Å². The predicted molar refractivity (Wildman–Crippen MR) is 104 cm³/mol. The van der Waals surface area contributed by atoms with Crippen molar-refractivity contribution in [3.8, 4) is 0 Å². The number of hydrogen-bond acceptors (Lipinski definition) is 5. The summed E-state index contributed by atoms with van der Waals surface area (Å²) in [4.78, 5) is 21.0. The molecule has 0 bridgehead atoms. The third kappa shape index (κ3) is 4.46. The molecule has 0 aliphatic carbocycles. The number of carbonyl (C=O) groups is 1. The molecule has 0 saturated heterocycles. The SMILES string of the molecule is Cc1cc(Nc2ccccc2C(=O)O)nc(Sc2ccc(Cl)c(Cl)c2)n1. The smallest absolute Gasteiger partial charge is 0.337 e. The number of benzene rings is 2. The van der Waals surface area contributed by atoms with Crippen molar-refractivity contribution in [3.05, 3.63) is 69.8 Å². The lowest BCUT2D eigenvalue weighted by Crippen LogP contribution is -2.04. The van der Waals surface area contributed by atoms with E-state index < -0.39 is 5.97 Å². The lowest BCUT2D eigenvalue weighted by atomic mass is 10.2. The maximum Gasteiger partial charge on any atom is 0.337 e. The van der Waals surface area contributed by atoms with Gasteiger partial charge in [-0.25, -0.2) is 14.8 Å². The van der Waals surface area contributed by atoms with Crippen LogP contribution in [0.15, 0.2) is 58.6 Å². The second-order valence-electron chi connectivity index (χ2n) is 5.33. The van der Waals surface area contributed by atoms with Gasteiger partial charge in [0.15, 0.2) is 5.16 Å². The Bertz CT molecular complexity index is 982. The highest BCUT2D eigenvalue weighted by atomic mass is 35.5. The number of nitrogens with zero attached hydrogens (tertiary/aromatic N) is 2. The number of nitrogens with one attached hydrogen (secondary N) is 1. The lowest BCUT2D eigenvalue weighted by Gasteiger charge is -2.10. The van der Waals surface area contributed by atoms with Gasteiger partial charge in [0.25, 0.3) is 0 Å². The zero-order valence-corrected chi connectivity index (χ0v) is 15.9. The summed E-state index contributed by atoms with van der Waals surface area (Å²) in [5, 5.41) is 13.8.